The largest absolute Gasteiger partial charge is 0.384 e. The topological polar surface area (TPSA) is 49.3 Å². The maximum absolute atomic E-state index is 13.1. The number of carbonyl (C=O) groups excluding carboxylic acids is 1. The van der Waals surface area contributed by atoms with Crippen LogP contribution in [0.25, 0.3) is 0 Å². The first kappa shape index (κ1) is 14.7. The lowest BCUT2D eigenvalue weighted by Gasteiger charge is -2.05. The number of hydrogen-bond acceptors (Lipinski definition) is 2. The van der Waals surface area contributed by atoms with Gasteiger partial charge in [0.2, 0.25) is 0 Å². The van der Waals surface area contributed by atoms with E-state index in [2.05, 4.69) is 17.2 Å². The summed E-state index contributed by atoms with van der Waals surface area (Å²) < 4.78 is 25.9. The highest BCUT2D eigenvalue weighted by atomic mass is 19.2. The third-order valence-electron chi connectivity index (χ3n) is 2.64. The molecule has 0 saturated carbocycles. The molecule has 2 rings (SSSR count). The molecule has 0 aliphatic rings. The van der Waals surface area contributed by atoms with E-state index in [-0.39, 0.29) is 12.2 Å². The number of aliphatic hydroxyl groups is 1. The minimum Gasteiger partial charge on any atom is -0.384 e. The SMILES string of the molecule is O=C(Nc1ccc(C#CCO)cc1)c1ccc(F)c(F)c1. The van der Waals surface area contributed by atoms with Crippen LogP contribution in [0.4, 0.5) is 14.5 Å². The summed E-state index contributed by atoms with van der Waals surface area (Å²) in [5, 5.41) is 11.1. The predicted octanol–water partition coefficient (Wildman–Crippen LogP) is 2.56. The maximum Gasteiger partial charge on any atom is 0.255 e. The highest BCUT2D eigenvalue weighted by Crippen LogP contribution is 2.13. The minimum atomic E-state index is -1.07. The van der Waals surface area contributed by atoms with Crippen molar-refractivity contribution < 1.29 is 18.7 Å². The highest BCUT2D eigenvalue weighted by molar-refractivity contribution is 6.04. The van der Waals surface area contributed by atoms with Crippen molar-refractivity contribution in [1.29, 1.82) is 0 Å². The van der Waals surface area contributed by atoms with Gasteiger partial charge in [0.25, 0.3) is 5.91 Å². The monoisotopic (exact) mass is 287 g/mol. The molecule has 0 unspecified atom stereocenters. The summed E-state index contributed by atoms with van der Waals surface area (Å²) >= 11 is 0. The standard InChI is InChI=1S/C16H11F2NO2/c17-14-8-5-12(10-15(14)18)16(21)19-13-6-3-11(4-7-13)2-1-9-20/h3-8,10,20H,9H2,(H,19,21). The molecule has 21 heavy (non-hydrogen) atoms. The van der Waals surface area contributed by atoms with E-state index in [0.717, 1.165) is 12.1 Å². The number of rotatable bonds is 2. The van der Waals surface area contributed by atoms with E-state index >= 15 is 0 Å². The summed E-state index contributed by atoms with van der Waals surface area (Å²) in [6.45, 7) is -0.228. The Morgan fingerprint density at radius 3 is 2.43 bits per heavy atom. The van der Waals surface area contributed by atoms with E-state index in [1.54, 1.807) is 24.3 Å². The van der Waals surface area contributed by atoms with Gasteiger partial charge < -0.3 is 10.4 Å². The third kappa shape index (κ3) is 3.88. The number of nitrogens with one attached hydrogen (secondary N) is 1. The molecule has 2 aromatic rings. The fraction of sp³-hybridized carbons (Fsp3) is 0.0625. The molecule has 2 aromatic carbocycles. The van der Waals surface area contributed by atoms with Crippen molar-refractivity contribution in [2.75, 3.05) is 11.9 Å². The zero-order valence-corrected chi connectivity index (χ0v) is 10.9. The Balaban J connectivity index is 2.10. The van der Waals surface area contributed by atoms with E-state index < -0.39 is 17.5 Å². The molecule has 0 radical (unpaired) electrons. The average Bonchev–Trinajstić information content (AvgIpc) is 2.49. The summed E-state index contributed by atoms with van der Waals surface area (Å²) in [5.74, 6) is 2.61. The van der Waals surface area contributed by atoms with Gasteiger partial charge in [0.05, 0.1) is 0 Å². The maximum atomic E-state index is 13.1. The lowest BCUT2D eigenvalue weighted by atomic mass is 10.1. The van der Waals surface area contributed by atoms with Crippen molar-refractivity contribution >= 4 is 11.6 Å². The zero-order valence-electron chi connectivity index (χ0n) is 10.9. The molecule has 106 valence electrons. The molecule has 3 nitrogen and oxygen atoms in total. The third-order valence-corrected chi connectivity index (χ3v) is 2.64. The quantitative estimate of drug-likeness (QED) is 0.834. The Morgan fingerprint density at radius 1 is 1.10 bits per heavy atom. The Morgan fingerprint density at radius 2 is 1.81 bits per heavy atom. The van der Waals surface area contributed by atoms with E-state index in [4.69, 9.17) is 5.11 Å². The van der Waals surface area contributed by atoms with Crippen molar-refractivity contribution in [2.45, 2.75) is 0 Å². The molecule has 0 fully saturated rings. The van der Waals surface area contributed by atoms with Crippen LogP contribution >= 0.6 is 0 Å². The summed E-state index contributed by atoms with van der Waals surface area (Å²) in [4.78, 5) is 11.9. The van der Waals surface area contributed by atoms with Gasteiger partial charge in [0.1, 0.15) is 6.61 Å². The number of carbonyl (C=O) groups is 1. The van der Waals surface area contributed by atoms with Gasteiger partial charge in [0.15, 0.2) is 11.6 Å². The van der Waals surface area contributed by atoms with Crippen molar-refractivity contribution in [2.24, 2.45) is 0 Å². The Labute approximate surface area is 120 Å². The first-order chi connectivity index (χ1) is 10.1. The van der Waals surface area contributed by atoms with Crippen molar-refractivity contribution in [3.05, 3.63) is 65.2 Å². The van der Waals surface area contributed by atoms with E-state index in [9.17, 15) is 13.6 Å². The van der Waals surface area contributed by atoms with Crippen LogP contribution < -0.4 is 5.32 Å². The van der Waals surface area contributed by atoms with Crippen molar-refractivity contribution in [3.63, 3.8) is 0 Å². The minimum absolute atomic E-state index is 0.0260. The van der Waals surface area contributed by atoms with Gasteiger partial charge in [-0.2, -0.15) is 0 Å². The van der Waals surface area contributed by atoms with Crippen molar-refractivity contribution in [1.82, 2.24) is 0 Å². The van der Waals surface area contributed by atoms with Crippen LogP contribution in [-0.4, -0.2) is 17.6 Å². The van der Waals surface area contributed by atoms with Crippen LogP contribution in [0.3, 0.4) is 0 Å². The first-order valence-corrected chi connectivity index (χ1v) is 6.06. The fourth-order valence-corrected chi connectivity index (χ4v) is 1.62. The normalized spacial score (nSPS) is 9.67. The molecule has 0 atom stereocenters. The van der Waals surface area contributed by atoms with E-state index in [1.165, 1.54) is 6.07 Å². The second kappa shape index (κ2) is 6.64. The summed E-state index contributed by atoms with van der Waals surface area (Å²) in [6, 6.07) is 9.53. The van der Waals surface area contributed by atoms with Gasteiger partial charge in [-0.1, -0.05) is 11.8 Å². The van der Waals surface area contributed by atoms with Gasteiger partial charge in [-0.25, -0.2) is 8.78 Å². The molecule has 5 heteroatoms. The fourth-order valence-electron chi connectivity index (χ4n) is 1.62. The number of aliphatic hydroxyl groups excluding tert-OH is 1. The van der Waals surface area contributed by atoms with Gasteiger partial charge in [-0.05, 0) is 42.5 Å². The summed E-state index contributed by atoms with van der Waals surface area (Å²) in [6.07, 6.45) is 0. The summed E-state index contributed by atoms with van der Waals surface area (Å²) in [7, 11) is 0. The first-order valence-electron chi connectivity index (χ1n) is 6.06. The van der Waals surface area contributed by atoms with Gasteiger partial charge in [-0.15, -0.1) is 0 Å². The molecular formula is C16H11F2NO2. The lowest BCUT2D eigenvalue weighted by Crippen LogP contribution is -2.12. The predicted molar refractivity (Wildman–Crippen MR) is 74.7 cm³/mol. The molecular weight excluding hydrogens is 276 g/mol. The second-order valence-corrected chi connectivity index (χ2v) is 4.12. The molecule has 0 saturated heterocycles. The van der Waals surface area contributed by atoms with E-state index in [0.29, 0.717) is 11.3 Å². The molecule has 2 N–H and O–H groups in total. The van der Waals surface area contributed by atoms with Crippen molar-refractivity contribution in [3.8, 4) is 11.8 Å². The van der Waals surface area contributed by atoms with E-state index in [1.807, 2.05) is 0 Å². The molecule has 0 aromatic heterocycles. The number of amides is 1. The number of anilines is 1. The molecule has 0 heterocycles. The van der Waals surface area contributed by atoms with Crippen LogP contribution in [0.1, 0.15) is 15.9 Å². The molecule has 0 aliphatic heterocycles. The highest BCUT2D eigenvalue weighted by Gasteiger charge is 2.09. The molecule has 0 aliphatic carbocycles. The number of hydrogen-bond donors (Lipinski definition) is 2. The molecule has 1 amide bonds. The number of benzene rings is 2. The summed E-state index contributed by atoms with van der Waals surface area (Å²) in [5.41, 5.74) is 1.22. The Bertz CT molecular complexity index is 715. The van der Waals surface area contributed by atoms with Crippen LogP contribution in [0.2, 0.25) is 0 Å². The van der Waals surface area contributed by atoms with Crippen LogP contribution in [-0.2, 0) is 0 Å². The smallest absolute Gasteiger partial charge is 0.255 e. The Kier molecular flexibility index (Phi) is 4.64. The molecule has 0 spiro atoms. The second-order valence-electron chi connectivity index (χ2n) is 4.12. The van der Waals surface area contributed by atoms with Gasteiger partial charge in [0, 0.05) is 16.8 Å². The van der Waals surface area contributed by atoms with Crippen LogP contribution in [0.15, 0.2) is 42.5 Å². The average molecular weight is 287 g/mol. The van der Waals surface area contributed by atoms with Gasteiger partial charge in [-0.3, -0.25) is 4.79 Å². The zero-order chi connectivity index (χ0) is 15.2. The lowest BCUT2D eigenvalue weighted by molar-refractivity contribution is 0.102. The Hall–Kier alpha value is -2.71. The number of halogens is 2. The van der Waals surface area contributed by atoms with Gasteiger partial charge >= 0.3 is 0 Å². The van der Waals surface area contributed by atoms with Crippen LogP contribution in [0, 0.1) is 23.5 Å². The van der Waals surface area contributed by atoms with Crippen LogP contribution in [0.5, 0.6) is 0 Å². The molecule has 0 bridgehead atoms.